The molecule has 0 bridgehead atoms. The van der Waals surface area contributed by atoms with Crippen molar-refractivity contribution in [3.8, 4) is 0 Å². The largest absolute Gasteiger partial charge is 0.441 e. The molecule has 0 fully saturated rings. The second-order valence-corrected chi connectivity index (χ2v) is 8.73. The summed E-state index contributed by atoms with van der Waals surface area (Å²) >= 11 is 1.61. The molecule has 0 saturated carbocycles. The van der Waals surface area contributed by atoms with E-state index in [-0.39, 0.29) is 11.7 Å². The average molecular weight is 438 g/mol. The Balaban J connectivity index is 1.44. The van der Waals surface area contributed by atoms with E-state index in [4.69, 9.17) is 14.1 Å². The fraction of sp³-hybridized carbons (Fsp3) is 0.375. The summed E-state index contributed by atoms with van der Waals surface area (Å²) in [7, 11) is 0. The molecule has 0 spiro atoms. The minimum Gasteiger partial charge on any atom is -0.441 e. The van der Waals surface area contributed by atoms with Gasteiger partial charge in [0.2, 0.25) is 0 Å². The molecular formula is C24H27N3O3S. The molecule has 0 atom stereocenters. The summed E-state index contributed by atoms with van der Waals surface area (Å²) in [5.41, 5.74) is 2.46. The second-order valence-electron chi connectivity index (χ2n) is 7.67. The van der Waals surface area contributed by atoms with Crippen LogP contribution in [0.2, 0.25) is 0 Å². The van der Waals surface area contributed by atoms with Crippen molar-refractivity contribution < 1.29 is 9.15 Å². The number of hydrogen-bond acceptors (Lipinski definition) is 6. The summed E-state index contributed by atoms with van der Waals surface area (Å²) in [6.45, 7) is 5.25. The first-order valence-electron chi connectivity index (χ1n) is 10.7. The number of nitrogens with zero attached hydrogens (tertiary/aromatic N) is 3. The first-order chi connectivity index (χ1) is 15.1. The van der Waals surface area contributed by atoms with Crippen molar-refractivity contribution >= 4 is 33.8 Å². The molecule has 0 aliphatic rings. The zero-order valence-corrected chi connectivity index (χ0v) is 18.7. The van der Waals surface area contributed by atoms with Crippen LogP contribution >= 0.6 is 11.8 Å². The van der Waals surface area contributed by atoms with Gasteiger partial charge in [-0.2, -0.15) is 0 Å². The molecule has 0 radical (unpaired) electrons. The summed E-state index contributed by atoms with van der Waals surface area (Å²) in [5.74, 6) is 1.57. The van der Waals surface area contributed by atoms with Gasteiger partial charge in [0.1, 0.15) is 5.52 Å². The van der Waals surface area contributed by atoms with E-state index in [9.17, 15) is 4.79 Å². The maximum atomic E-state index is 13.1. The standard InChI is InChI=1S/C24H27N3O3S/c1-17(2)29-15-8-14-27-23(28)18-9-3-4-10-19(18)26-24(27)31-16-7-13-22-25-20-11-5-6-12-21(20)30-22/h3-6,9-12,17H,7-8,13-16H2,1-2H3. The lowest BCUT2D eigenvalue weighted by molar-refractivity contribution is 0.0743. The summed E-state index contributed by atoms with van der Waals surface area (Å²) in [5, 5.41) is 1.41. The van der Waals surface area contributed by atoms with Crippen molar-refractivity contribution in [2.75, 3.05) is 12.4 Å². The third-order valence-electron chi connectivity index (χ3n) is 4.91. The van der Waals surface area contributed by atoms with Gasteiger partial charge in [-0.05, 0) is 51.0 Å². The van der Waals surface area contributed by atoms with Gasteiger partial charge in [-0.25, -0.2) is 9.97 Å². The van der Waals surface area contributed by atoms with Crippen molar-refractivity contribution in [1.82, 2.24) is 14.5 Å². The molecule has 2 aromatic carbocycles. The highest BCUT2D eigenvalue weighted by atomic mass is 32.2. The Morgan fingerprint density at radius 1 is 1.03 bits per heavy atom. The van der Waals surface area contributed by atoms with Gasteiger partial charge < -0.3 is 9.15 Å². The van der Waals surface area contributed by atoms with E-state index in [1.165, 1.54) is 0 Å². The number of fused-ring (bicyclic) bond motifs is 2. The van der Waals surface area contributed by atoms with Crippen LogP contribution in [-0.2, 0) is 17.7 Å². The average Bonchev–Trinajstić information content (AvgIpc) is 3.18. The molecule has 162 valence electrons. The Kier molecular flexibility index (Phi) is 7.04. The highest BCUT2D eigenvalue weighted by Gasteiger charge is 2.12. The van der Waals surface area contributed by atoms with Gasteiger partial charge in [0.15, 0.2) is 16.6 Å². The normalized spacial score (nSPS) is 11.7. The molecule has 0 saturated heterocycles. The number of para-hydroxylation sites is 3. The monoisotopic (exact) mass is 437 g/mol. The molecule has 2 heterocycles. The van der Waals surface area contributed by atoms with Gasteiger partial charge in [0, 0.05) is 25.3 Å². The van der Waals surface area contributed by atoms with Gasteiger partial charge in [0.25, 0.3) is 5.56 Å². The van der Waals surface area contributed by atoms with Crippen LogP contribution in [0.1, 0.15) is 32.6 Å². The minimum absolute atomic E-state index is 0.0107. The molecule has 0 aliphatic carbocycles. The number of aryl methyl sites for hydroxylation is 1. The maximum absolute atomic E-state index is 13.1. The van der Waals surface area contributed by atoms with Crippen molar-refractivity contribution in [3.63, 3.8) is 0 Å². The Morgan fingerprint density at radius 2 is 1.81 bits per heavy atom. The molecule has 7 heteroatoms. The molecule has 31 heavy (non-hydrogen) atoms. The van der Waals surface area contributed by atoms with Crippen LogP contribution < -0.4 is 5.56 Å². The molecule has 0 unspecified atom stereocenters. The highest BCUT2D eigenvalue weighted by Crippen LogP contribution is 2.21. The van der Waals surface area contributed by atoms with E-state index < -0.39 is 0 Å². The highest BCUT2D eigenvalue weighted by molar-refractivity contribution is 7.99. The van der Waals surface area contributed by atoms with E-state index in [2.05, 4.69) is 4.98 Å². The number of benzene rings is 2. The second kappa shape index (κ2) is 10.1. The van der Waals surface area contributed by atoms with E-state index in [1.54, 1.807) is 16.3 Å². The number of thioether (sulfide) groups is 1. The first-order valence-corrected chi connectivity index (χ1v) is 11.7. The van der Waals surface area contributed by atoms with Gasteiger partial charge in [0.05, 0.1) is 17.0 Å². The Bertz CT molecular complexity index is 1180. The van der Waals surface area contributed by atoms with E-state index in [0.29, 0.717) is 18.5 Å². The minimum atomic E-state index is 0.0107. The van der Waals surface area contributed by atoms with Crippen LogP contribution in [-0.4, -0.2) is 33.0 Å². The smallest absolute Gasteiger partial charge is 0.262 e. The van der Waals surface area contributed by atoms with Gasteiger partial charge in [-0.3, -0.25) is 9.36 Å². The zero-order valence-electron chi connectivity index (χ0n) is 17.9. The SMILES string of the molecule is CC(C)OCCCn1c(SCCCc2nc3ccccc3o2)nc2ccccc2c1=O. The first kappa shape index (κ1) is 21.6. The summed E-state index contributed by atoms with van der Waals surface area (Å²) in [4.78, 5) is 22.4. The predicted molar refractivity (Wildman–Crippen MR) is 125 cm³/mol. The predicted octanol–water partition coefficient (Wildman–Crippen LogP) is 5.08. The number of hydrogen-bond donors (Lipinski definition) is 0. The third-order valence-corrected chi connectivity index (χ3v) is 5.97. The maximum Gasteiger partial charge on any atom is 0.262 e. The van der Waals surface area contributed by atoms with E-state index >= 15 is 0 Å². The van der Waals surface area contributed by atoms with Crippen molar-refractivity contribution in [2.45, 2.75) is 50.9 Å². The molecular weight excluding hydrogens is 410 g/mol. The fourth-order valence-corrected chi connectivity index (χ4v) is 4.37. The Morgan fingerprint density at radius 3 is 2.61 bits per heavy atom. The van der Waals surface area contributed by atoms with Gasteiger partial charge in [-0.15, -0.1) is 0 Å². The third kappa shape index (κ3) is 5.35. The lowest BCUT2D eigenvalue weighted by atomic mass is 10.2. The van der Waals surface area contributed by atoms with Crippen LogP contribution in [0, 0.1) is 0 Å². The van der Waals surface area contributed by atoms with Gasteiger partial charge >= 0.3 is 0 Å². The molecule has 6 nitrogen and oxygen atoms in total. The fourth-order valence-electron chi connectivity index (χ4n) is 3.41. The summed E-state index contributed by atoms with van der Waals surface area (Å²) in [6.07, 6.45) is 2.60. The lowest BCUT2D eigenvalue weighted by Crippen LogP contribution is -2.24. The Labute approximate surface area is 185 Å². The number of aromatic nitrogens is 3. The van der Waals surface area contributed by atoms with E-state index in [1.807, 2.05) is 62.4 Å². The zero-order chi connectivity index (χ0) is 21.6. The molecule has 0 aliphatic heterocycles. The molecule has 4 rings (SSSR count). The van der Waals surface area contributed by atoms with Crippen LogP contribution in [0.3, 0.4) is 0 Å². The number of rotatable bonds is 10. The lowest BCUT2D eigenvalue weighted by Gasteiger charge is -2.14. The van der Waals surface area contributed by atoms with Crippen molar-refractivity contribution in [2.24, 2.45) is 0 Å². The molecule has 0 amide bonds. The number of ether oxygens (including phenoxy) is 1. The van der Waals surface area contributed by atoms with Crippen molar-refractivity contribution in [1.29, 1.82) is 0 Å². The number of oxazole rings is 1. The molecule has 2 aromatic heterocycles. The molecule has 4 aromatic rings. The van der Waals surface area contributed by atoms with Crippen LogP contribution in [0.5, 0.6) is 0 Å². The summed E-state index contributed by atoms with van der Waals surface area (Å²) < 4.78 is 13.2. The molecule has 0 N–H and O–H groups in total. The summed E-state index contributed by atoms with van der Waals surface area (Å²) in [6, 6.07) is 15.3. The van der Waals surface area contributed by atoms with E-state index in [0.717, 1.165) is 52.7 Å². The van der Waals surface area contributed by atoms with Crippen molar-refractivity contribution in [3.05, 3.63) is 64.8 Å². The topological polar surface area (TPSA) is 70.2 Å². The van der Waals surface area contributed by atoms with Crippen LogP contribution in [0.4, 0.5) is 0 Å². The Hall–Kier alpha value is -2.64. The van der Waals surface area contributed by atoms with Gasteiger partial charge in [-0.1, -0.05) is 36.0 Å². The van der Waals surface area contributed by atoms with Crippen LogP contribution in [0.15, 0.2) is 62.9 Å². The quantitative estimate of drug-likeness (QED) is 0.196. The van der Waals surface area contributed by atoms with Crippen LogP contribution in [0.25, 0.3) is 22.0 Å².